The van der Waals surface area contributed by atoms with Gasteiger partial charge in [0.15, 0.2) is 23.2 Å². The third kappa shape index (κ3) is 3.05. The van der Waals surface area contributed by atoms with E-state index in [-0.39, 0.29) is 7.21 Å². The summed E-state index contributed by atoms with van der Waals surface area (Å²) in [6.07, 6.45) is 3.96. The van der Waals surface area contributed by atoms with Gasteiger partial charge in [-0.15, -0.1) is 11.3 Å². The van der Waals surface area contributed by atoms with Crippen LogP contribution < -0.4 is 5.32 Å². The van der Waals surface area contributed by atoms with E-state index in [4.69, 9.17) is 11.6 Å². The van der Waals surface area contributed by atoms with E-state index in [0.717, 1.165) is 10.6 Å². The van der Waals surface area contributed by atoms with Crippen LogP contribution in [0.4, 0.5) is 11.6 Å². The molecule has 0 radical (unpaired) electrons. The molecule has 1 aliphatic carbocycles. The molecular weight excluding hydrogens is 346 g/mol. The van der Waals surface area contributed by atoms with Crippen molar-refractivity contribution >= 4 is 40.4 Å². The van der Waals surface area contributed by atoms with Crippen LogP contribution in [0.25, 0.3) is 10.7 Å². The molecule has 1 aliphatic rings. The number of carbonyl (C=O) groups excluding carboxylic acids is 1. The van der Waals surface area contributed by atoms with Gasteiger partial charge in [0.05, 0.1) is 16.0 Å². The molecule has 0 unspecified atom stereocenters. The fraction of sp³-hybridized carbons (Fsp3) is 0.250. The minimum absolute atomic E-state index is 0. The van der Waals surface area contributed by atoms with Crippen molar-refractivity contribution in [3.63, 3.8) is 0 Å². The number of rotatable bonds is 5. The van der Waals surface area contributed by atoms with Gasteiger partial charge in [-0.25, -0.2) is 9.97 Å². The molecule has 2 N–H and O–H groups in total. The highest BCUT2D eigenvalue weighted by atomic mass is 35.5. The molecule has 0 atom stereocenters. The highest BCUT2D eigenvalue weighted by Gasteiger charge is 2.25. The summed E-state index contributed by atoms with van der Waals surface area (Å²) in [5.41, 5.74) is 1.13. The third-order valence-electron chi connectivity index (χ3n) is 3.78. The zero-order valence-electron chi connectivity index (χ0n) is 12.8. The first kappa shape index (κ1) is 15.3. The maximum absolute atomic E-state index is 11.4. The molecule has 0 saturated heterocycles. The maximum Gasteiger partial charge on any atom is 0.171 e. The molecule has 6 nitrogen and oxygen atoms in total. The van der Waals surface area contributed by atoms with Crippen LogP contribution >= 0.6 is 22.9 Å². The number of halogens is 1. The second-order valence-corrected chi connectivity index (χ2v) is 7.21. The minimum atomic E-state index is 0. The topological polar surface area (TPSA) is 83.6 Å². The zero-order chi connectivity index (χ0) is 16.7. The number of ketones is 1. The lowest BCUT2D eigenvalue weighted by molar-refractivity contribution is 0.102. The van der Waals surface area contributed by atoms with Gasteiger partial charge in [0.25, 0.3) is 0 Å². The Balaban J connectivity index is 0.00000182. The summed E-state index contributed by atoms with van der Waals surface area (Å²) in [6.45, 7) is 1.54. The van der Waals surface area contributed by atoms with Crippen molar-refractivity contribution < 1.29 is 6.22 Å². The Bertz CT molecular complexity index is 921. The van der Waals surface area contributed by atoms with Crippen LogP contribution in [0.5, 0.6) is 0 Å². The highest BCUT2D eigenvalue weighted by molar-refractivity contribution is 7.17. The lowest BCUT2D eigenvalue weighted by atomic mass is 10.3. The van der Waals surface area contributed by atoms with E-state index in [2.05, 4.69) is 25.5 Å². The molecule has 0 spiro atoms. The van der Waals surface area contributed by atoms with Gasteiger partial charge in [-0.1, -0.05) is 11.6 Å². The predicted molar refractivity (Wildman–Crippen MR) is 96.3 cm³/mol. The van der Waals surface area contributed by atoms with Crippen LogP contribution in [0.15, 0.2) is 24.4 Å². The van der Waals surface area contributed by atoms with Crippen molar-refractivity contribution in [3.8, 4) is 10.7 Å². The molecular formula is C16H16ClN5OS. The monoisotopic (exact) mass is 361 g/mol. The molecule has 3 heterocycles. The van der Waals surface area contributed by atoms with Gasteiger partial charge >= 0.3 is 0 Å². The maximum atomic E-state index is 11.4. The lowest BCUT2D eigenvalue weighted by Crippen LogP contribution is -1.98. The Kier molecular flexibility index (Phi) is 3.82. The number of hydrogen-bond acceptors (Lipinski definition) is 6. The molecule has 124 valence electrons. The highest BCUT2D eigenvalue weighted by Crippen LogP contribution is 2.40. The average Bonchev–Trinajstić information content (AvgIpc) is 3.10. The first-order chi connectivity index (χ1) is 11.6. The number of H-pyrrole nitrogens is 1. The number of carbonyl (C=O) groups is 1. The fourth-order valence-electron chi connectivity index (χ4n) is 2.35. The first-order valence-corrected chi connectivity index (χ1v) is 8.75. The summed E-state index contributed by atoms with van der Waals surface area (Å²) in [6, 6.07) is 5.60. The Morgan fingerprint density at radius 1 is 1.46 bits per heavy atom. The van der Waals surface area contributed by atoms with Gasteiger partial charge in [0.1, 0.15) is 5.02 Å². The summed E-state index contributed by atoms with van der Waals surface area (Å²) >= 11 is 7.56. The predicted octanol–water partition coefficient (Wildman–Crippen LogP) is 4.65. The first-order valence-electron chi connectivity index (χ1n) is 7.56. The third-order valence-corrected chi connectivity index (χ3v) is 5.24. The van der Waals surface area contributed by atoms with Crippen molar-refractivity contribution in [3.05, 3.63) is 40.0 Å². The number of anilines is 2. The zero-order valence-corrected chi connectivity index (χ0v) is 14.4. The quantitative estimate of drug-likeness (QED) is 0.646. The molecule has 1 saturated carbocycles. The number of nitrogens with one attached hydrogen (secondary N) is 2. The van der Waals surface area contributed by atoms with E-state index in [1.807, 2.05) is 12.1 Å². The lowest BCUT2D eigenvalue weighted by Gasteiger charge is -2.05. The van der Waals surface area contributed by atoms with Crippen LogP contribution in [-0.4, -0.2) is 25.9 Å². The molecule has 24 heavy (non-hydrogen) atoms. The summed E-state index contributed by atoms with van der Waals surface area (Å²) in [5.74, 6) is 2.33. The Labute approximate surface area is 148 Å². The molecule has 8 heteroatoms. The number of hydrogen-bond donors (Lipinski definition) is 2. The van der Waals surface area contributed by atoms with Crippen molar-refractivity contribution in [2.75, 3.05) is 5.32 Å². The van der Waals surface area contributed by atoms with Crippen LogP contribution in [0.3, 0.4) is 0 Å². The van der Waals surface area contributed by atoms with Crippen LogP contribution in [0.2, 0.25) is 5.02 Å². The number of Topliss-reactive ketones (excluding diaryl/α,β-unsaturated/α-hetero) is 1. The van der Waals surface area contributed by atoms with Crippen LogP contribution in [0, 0.1) is 0 Å². The van der Waals surface area contributed by atoms with E-state index in [1.54, 1.807) is 19.2 Å². The Hall–Kier alpha value is -2.25. The SMILES string of the molecule is CC(=O)c1ccc(-c2ncc(Cl)c(Nc3cc(C4CC4)[nH]n3)n2)s1.[HH]. The van der Waals surface area contributed by atoms with Gasteiger partial charge in [-0.05, 0) is 31.9 Å². The second-order valence-electron chi connectivity index (χ2n) is 5.72. The largest absolute Gasteiger partial charge is 0.322 e. The van der Waals surface area contributed by atoms with Crippen molar-refractivity contribution in [1.29, 1.82) is 0 Å². The number of thiophene rings is 1. The van der Waals surface area contributed by atoms with Gasteiger partial charge in [-0.3, -0.25) is 9.89 Å². The average molecular weight is 362 g/mol. The molecule has 4 rings (SSSR count). The molecule has 0 aromatic carbocycles. The molecule has 1 fully saturated rings. The van der Waals surface area contributed by atoms with Gasteiger partial charge in [-0.2, -0.15) is 5.10 Å². The normalized spacial score (nSPS) is 13.9. The second kappa shape index (κ2) is 5.99. The van der Waals surface area contributed by atoms with Crippen LogP contribution in [0.1, 0.15) is 42.5 Å². The summed E-state index contributed by atoms with van der Waals surface area (Å²) in [5, 5.41) is 10.8. The van der Waals surface area contributed by atoms with Gasteiger partial charge in [0, 0.05) is 19.1 Å². The molecule has 0 aliphatic heterocycles. The van der Waals surface area contributed by atoms with E-state index < -0.39 is 0 Å². The number of aromatic nitrogens is 4. The Morgan fingerprint density at radius 3 is 3.00 bits per heavy atom. The summed E-state index contributed by atoms with van der Waals surface area (Å²) < 4.78 is 0. The van der Waals surface area contributed by atoms with E-state index in [0.29, 0.717) is 33.3 Å². The van der Waals surface area contributed by atoms with E-state index in [9.17, 15) is 4.79 Å². The standard InChI is InChI=1S/C16H14ClN5OS.H2/c1-8(23)12-4-5-13(24-12)16-18-7-10(17)15(20-16)19-14-6-11(21-22-14)9-2-3-9;/h4-7,9H,2-3H2,1H3,(H2,18,19,20,21,22);1H. The summed E-state index contributed by atoms with van der Waals surface area (Å²) in [7, 11) is 0. The smallest absolute Gasteiger partial charge is 0.171 e. The minimum Gasteiger partial charge on any atom is -0.322 e. The van der Waals surface area contributed by atoms with Crippen LogP contribution in [-0.2, 0) is 0 Å². The molecule has 3 aromatic heterocycles. The summed E-state index contributed by atoms with van der Waals surface area (Å²) in [4.78, 5) is 21.7. The van der Waals surface area contributed by atoms with Gasteiger partial charge in [0.2, 0.25) is 0 Å². The van der Waals surface area contributed by atoms with Crippen molar-refractivity contribution in [2.24, 2.45) is 0 Å². The van der Waals surface area contributed by atoms with E-state index in [1.165, 1.54) is 24.2 Å². The van der Waals surface area contributed by atoms with Gasteiger partial charge < -0.3 is 5.32 Å². The van der Waals surface area contributed by atoms with Crippen molar-refractivity contribution in [2.45, 2.75) is 25.7 Å². The number of nitrogens with zero attached hydrogens (tertiary/aromatic N) is 3. The Morgan fingerprint density at radius 2 is 2.29 bits per heavy atom. The number of aromatic amines is 1. The fourth-order valence-corrected chi connectivity index (χ4v) is 3.33. The van der Waals surface area contributed by atoms with Crippen molar-refractivity contribution in [1.82, 2.24) is 20.2 Å². The molecule has 0 bridgehead atoms. The van der Waals surface area contributed by atoms with E-state index >= 15 is 0 Å². The molecule has 3 aromatic rings. The molecule has 0 amide bonds.